The number of carbonyl (C=O) groups is 2. The van der Waals surface area contributed by atoms with Crippen molar-refractivity contribution in [1.29, 1.82) is 0 Å². The van der Waals surface area contributed by atoms with Gasteiger partial charge in [-0.2, -0.15) is 0 Å². The van der Waals surface area contributed by atoms with Gasteiger partial charge in [0.05, 0.1) is 10.5 Å². The highest BCUT2D eigenvalue weighted by atomic mass is 32.2. The van der Waals surface area contributed by atoms with E-state index in [4.69, 9.17) is 5.11 Å². The van der Waals surface area contributed by atoms with Crippen LogP contribution in [-0.2, 0) is 16.3 Å². The van der Waals surface area contributed by atoms with E-state index in [0.717, 1.165) is 17.9 Å². The lowest BCUT2D eigenvalue weighted by Gasteiger charge is -2.08. The third-order valence-electron chi connectivity index (χ3n) is 3.14. The third-order valence-corrected chi connectivity index (χ3v) is 4.27. The normalized spacial score (nSPS) is 11.1. The number of benzene rings is 2. The summed E-state index contributed by atoms with van der Waals surface area (Å²) in [6.07, 6.45) is 1.00. The van der Waals surface area contributed by atoms with Crippen LogP contribution in [0.4, 0.5) is 0 Å². The van der Waals surface area contributed by atoms with Crippen LogP contribution in [0.15, 0.2) is 53.4 Å². The van der Waals surface area contributed by atoms with E-state index in [-0.39, 0.29) is 28.2 Å². The van der Waals surface area contributed by atoms with Crippen LogP contribution in [0.2, 0.25) is 0 Å². The second-order valence-corrected chi connectivity index (χ2v) is 6.86. The Morgan fingerprint density at radius 1 is 1.05 bits per heavy atom. The summed E-state index contributed by atoms with van der Waals surface area (Å²) in [6.45, 7) is 0. The molecular weight excluding hydrogens is 304 g/mol. The average Bonchev–Trinajstić information content (AvgIpc) is 2.46. The van der Waals surface area contributed by atoms with Crippen LogP contribution >= 0.6 is 0 Å². The molecule has 0 saturated carbocycles. The summed E-state index contributed by atoms with van der Waals surface area (Å²) >= 11 is 0. The lowest BCUT2D eigenvalue weighted by molar-refractivity contribution is 0.0696. The Balaban J connectivity index is 2.46. The van der Waals surface area contributed by atoms with Gasteiger partial charge in [0, 0.05) is 18.2 Å². The molecule has 0 amide bonds. The largest absolute Gasteiger partial charge is 0.478 e. The van der Waals surface area contributed by atoms with Crippen LogP contribution < -0.4 is 0 Å². The highest BCUT2D eigenvalue weighted by molar-refractivity contribution is 7.90. The lowest BCUT2D eigenvalue weighted by atomic mass is 10.0. The van der Waals surface area contributed by atoms with E-state index in [2.05, 4.69) is 0 Å². The van der Waals surface area contributed by atoms with Gasteiger partial charge >= 0.3 is 5.97 Å². The van der Waals surface area contributed by atoms with Crippen LogP contribution in [0.3, 0.4) is 0 Å². The zero-order chi connectivity index (χ0) is 16.3. The molecule has 0 bridgehead atoms. The van der Waals surface area contributed by atoms with E-state index in [0.29, 0.717) is 0 Å². The molecule has 0 heterocycles. The summed E-state index contributed by atoms with van der Waals surface area (Å²) in [5.74, 6) is -1.62. The van der Waals surface area contributed by atoms with Gasteiger partial charge in [-0.3, -0.25) is 4.79 Å². The smallest absolute Gasteiger partial charge is 0.335 e. The standard InChI is InChI=1S/C16H14O5S/c1-22(20,21)15-10-12(16(18)19)7-8-13(15)14(17)9-11-5-3-2-4-6-11/h2-8,10H,9H2,1H3,(H,18,19). The summed E-state index contributed by atoms with van der Waals surface area (Å²) < 4.78 is 23.7. The Morgan fingerprint density at radius 3 is 2.23 bits per heavy atom. The van der Waals surface area contributed by atoms with E-state index in [1.807, 2.05) is 6.07 Å². The van der Waals surface area contributed by atoms with Crippen molar-refractivity contribution < 1.29 is 23.1 Å². The second-order valence-electron chi connectivity index (χ2n) is 4.87. The van der Waals surface area contributed by atoms with Gasteiger partial charge in [0.25, 0.3) is 0 Å². The number of hydrogen-bond donors (Lipinski definition) is 1. The lowest BCUT2D eigenvalue weighted by Crippen LogP contribution is -2.12. The number of rotatable bonds is 5. The van der Waals surface area contributed by atoms with E-state index in [9.17, 15) is 18.0 Å². The minimum absolute atomic E-state index is 0.0105. The fraction of sp³-hybridized carbons (Fsp3) is 0.125. The summed E-state index contributed by atoms with van der Waals surface area (Å²) in [4.78, 5) is 23.1. The molecule has 0 unspecified atom stereocenters. The van der Waals surface area contributed by atoms with E-state index < -0.39 is 15.8 Å². The van der Waals surface area contributed by atoms with Crippen LogP contribution in [-0.4, -0.2) is 31.5 Å². The quantitative estimate of drug-likeness (QED) is 0.854. The van der Waals surface area contributed by atoms with Gasteiger partial charge in [-0.25, -0.2) is 13.2 Å². The molecule has 0 spiro atoms. The molecule has 0 fully saturated rings. The molecule has 5 nitrogen and oxygen atoms in total. The first-order chi connectivity index (χ1) is 10.3. The van der Waals surface area contributed by atoms with Crippen molar-refractivity contribution in [2.24, 2.45) is 0 Å². The van der Waals surface area contributed by atoms with Gasteiger partial charge in [0.1, 0.15) is 0 Å². The highest BCUT2D eigenvalue weighted by Crippen LogP contribution is 2.20. The van der Waals surface area contributed by atoms with Crippen molar-refractivity contribution in [1.82, 2.24) is 0 Å². The monoisotopic (exact) mass is 318 g/mol. The SMILES string of the molecule is CS(=O)(=O)c1cc(C(=O)O)ccc1C(=O)Cc1ccccc1. The molecule has 22 heavy (non-hydrogen) atoms. The molecule has 1 N–H and O–H groups in total. The topological polar surface area (TPSA) is 88.5 Å². The Bertz CT molecular complexity index is 823. The molecule has 0 radical (unpaired) electrons. The maximum atomic E-state index is 12.4. The molecule has 0 aliphatic rings. The first-order valence-corrected chi connectivity index (χ1v) is 8.32. The molecule has 0 aliphatic carbocycles. The van der Waals surface area contributed by atoms with E-state index in [1.54, 1.807) is 24.3 Å². The minimum Gasteiger partial charge on any atom is -0.478 e. The van der Waals surface area contributed by atoms with E-state index in [1.165, 1.54) is 12.1 Å². The highest BCUT2D eigenvalue weighted by Gasteiger charge is 2.21. The maximum absolute atomic E-state index is 12.4. The van der Waals surface area contributed by atoms with Crippen LogP contribution in [0, 0.1) is 0 Å². The molecule has 0 atom stereocenters. The number of aromatic carboxylic acids is 1. The molecule has 114 valence electrons. The number of carbonyl (C=O) groups excluding carboxylic acids is 1. The number of carboxylic acids is 1. The number of carboxylic acid groups (broad SMARTS) is 1. The second kappa shape index (κ2) is 6.11. The Hall–Kier alpha value is -2.47. The van der Waals surface area contributed by atoms with Gasteiger partial charge in [0.2, 0.25) is 0 Å². The average molecular weight is 318 g/mol. The predicted molar refractivity (Wildman–Crippen MR) is 81.0 cm³/mol. The van der Waals surface area contributed by atoms with Gasteiger partial charge in [0.15, 0.2) is 15.6 Å². The van der Waals surface area contributed by atoms with Crippen molar-refractivity contribution in [3.05, 3.63) is 65.2 Å². The fourth-order valence-electron chi connectivity index (χ4n) is 2.07. The van der Waals surface area contributed by atoms with Gasteiger partial charge in [-0.1, -0.05) is 30.3 Å². The summed E-state index contributed by atoms with van der Waals surface area (Å²) in [7, 11) is -3.71. The van der Waals surface area contributed by atoms with Crippen molar-refractivity contribution in [2.45, 2.75) is 11.3 Å². The predicted octanol–water partition coefficient (Wildman–Crippen LogP) is 2.21. The van der Waals surface area contributed by atoms with Crippen molar-refractivity contribution in [2.75, 3.05) is 6.26 Å². The summed E-state index contributed by atoms with van der Waals surface area (Å²) in [5, 5.41) is 8.96. The molecule has 2 aromatic carbocycles. The van der Waals surface area contributed by atoms with Gasteiger partial charge in [-0.15, -0.1) is 0 Å². The Morgan fingerprint density at radius 2 is 1.68 bits per heavy atom. The Kier molecular flexibility index (Phi) is 4.42. The molecule has 0 saturated heterocycles. The van der Waals surface area contributed by atoms with Crippen LogP contribution in [0.5, 0.6) is 0 Å². The summed E-state index contributed by atoms with van der Waals surface area (Å²) in [5.41, 5.74) is 0.599. The van der Waals surface area contributed by atoms with Crippen molar-refractivity contribution >= 4 is 21.6 Å². The number of ketones is 1. The summed E-state index contributed by atoms with van der Waals surface area (Å²) in [6, 6.07) is 12.4. The fourth-order valence-corrected chi connectivity index (χ4v) is 2.99. The minimum atomic E-state index is -3.71. The van der Waals surface area contributed by atoms with Crippen molar-refractivity contribution in [3.63, 3.8) is 0 Å². The molecule has 6 heteroatoms. The van der Waals surface area contributed by atoms with E-state index >= 15 is 0 Å². The first-order valence-electron chi connectivity index (χ1n) is 6.43. The zero-order valence-corrected chi connectivity index (χ0v) is 12.6. The maximum Gasteiger partial charge on any atom is 0.335 e. The number of hydrogen-bond acceptors (Lipinski definition) is 4. The van der Waals surface area contributed by atoms with Gasteiger partial charge < -0.3 is 5.11 Å². The molecule has 0 aromatic heterocycles. The zero-order valence-electron chi connectivity index (χ0n) is 11.8. The number of sulfone groups is 1. The molecule has 2 rings (SSSR count). The van der Waals surface area contributed by atoms with Gasteiger partial charge in [-0.05, 0) is 23.8 Å². The number of Topliss-reactive ketones (excluding diaryl/α,β-unsaturated/α-hetero) is 1. The first kappa shape index (κ1) is 15.9. The Labute approximate surface area is 128 Å². The van der Waals surface area contributed by atoms with Crippen LogP contribution in [0.1, 0.15) is 26.3 Å². The third kappa shape index (κ3) is 3.59. The van der Waals surface area contributed by atoms with Crippen molar-refractivity contribution in [3.8, 4) is 0 Å². The van der Waals surface area contributed by atoms with Crippen LogP contribution in [0.25, 0.3) is 0 Å². The molecule has 0 aliphatic heterocycles. The molecule has 2 aromatic rings. The molecular formula is C16H14O5S.